The van der Waals surface area contributed by atoms with Crippen molar-refractivity contribution in [3.8, 4) is 28.0 Å². The van der Waals surface area contributed by atoms with Crippen LogP contribution in [0, 0.1) is 11.7 Å². The van der Waals surface area contributed by atoms with E-state index in [1.54, 1.807) is 12.1 Å². The first-order chi connectivity index (χ1) is 16.3. The maximum Gasteiger partial charge on any atom is 0.221 e. The average molecular weight is 461 g/mol. The van der Waals surface area contributed by atoms with Crippen LogP contribution in [0.4, 0.5) is 15.8 Å². The molecule has 0 bridgehead atoms. The van der Waals surface area contributed by atoms with Crippen LogP contribution in [0.1, 0.15) is 51.5 Å². The molecule has 0 radical (unpaired) electrons. The second-order valence-electron chi connectivity index (χ2n) is 9.00. The first kappa shape index (κ1) is 23.5. The third kappa shape index (κ3) is 4.81. The van der Waals surface area contributed by atoms with Crippen molar-refractivity contribution < 1.29 is 19.1 Å². The molecule has 0 aromatic heterocycles. The standard InChI is InChI=1S/C28H29FN2O3/c1-4-18-12-21(13-18)24-14-19(8-10-26(24)30-16(2)32)22-6-5-7-23(28(22)34)20-9-11-27(25(29)15-20)31-17(3)33/h5-11,14-15,18,21,34H,4,12-13H2,1-3H3,(H,30,32)(H,31,33). The lowest BCUT2D eigenvalue weighted by molar-refractivity contribution is -0.115. The lowest BCUT2D eigenvalue weighted by Crippen LogP contribution is -2.22. The van der Waals surface area contributed by atoms with E-state index < -0.39 is 5.82 Å². The molecule has 0 atom stereocenters. The van der Waals surface area contributed by atoms with Gasteiger partial charge < -0.3 is 15.7 Å². The zero-order valence-corrected chi connectivity index (χ0v) is 19.6. The number of phenolic OH excluding ortho intramolecular Hbond substituents is 1. The van der Waals surface area contributed by atoms with E-state index in [1.807, 2.05) is 30.3 Å². The second kappa shape index (κ2) is 9.67. The number of anilines is 2. The molecule has 3 aromatic carbocycles. The van der Waals surface area contributed by atoms with Crippen molar-refractivity contribution in [1.29, 1.82) is 0 Å². The van der Waals surface area contributed by atoms with Gasteiger partial charge in [-0.2, -0.15) is 0 Å². The molecule has 176 valence electrons. The Hall–Kier alpha value is -3.67. The topological polar surface area (TPSA) is 78.4 Å². The molecule has 0 aliphatic heterocycles. The summed E-state index contributed by atoms with van der Waals surface area (Å²) in [7, 11) is 0. The quantitative estimate of drug-likeness (QED) is 0.384. The minimum absolute atomic E-state index is 0.0486. The first-order valence-electron chi connectivity index (χ1n) is 11.6. The summed E-state index contributed by atoms with van der Waals surface area (Å²) < 4.78 is 14.5. The summed E-state index contributed by atoms with van der Waals surface area (Å²) in [6.45, 7) is 5.01. The molecule has 6 heteroatoms. The van der Waals surface area contributed by atoms with Crippen molar-refractivity contribution in [2.24, 2.45) is 5.92 Å². The number of nitrogens with one attached hydrogen (secondary N) is 2. The number of para-hydroxylation sites is 1. The van der Waals surface area contributed by atoms with Gasteiger partial charge in [-0.25, -0.2) is 4.39 Å². The van der Waals surface area contributed by atoms with Crippen molar-refractivity contribution >= 4 is 23.2 Å². The predicted octanol–water partition coefficient (Wildman–Crippen LogP) is 6.69. The smallest absolute Gasteiger partial charge is 0.221 e. The number of aromatic hydroxyl groups is 1. The molecule has 1 aliphatic carbocycles. The molecule has 5 nitrogen and oxygen atoms in total. The molecule has 3 N–H and O–H groups in total. The highest BCUT2D eigenvalue weighted by atomic mass is 19.1. The molecular weight excluding hydrogens is 431 g/mol. The average Bonchev–Trinajstić information content (AvgIpc) is 2.75. The summed E-state index contributed by atoms with van der Waals surface area (Å²) in [5.74, 6) is 0.0717. The fraction of sp³-hybridized carbons (Fsp3) is 0.286. The van der Waals surface area contributed by atoms with Gasteiger partial charge in [-0.3, -0.25) is 9.59 Å². The van der Waals surface area contributed by atoms with E-state index in [1.165, 1.54) is 26.0 Å². The highest BCUT2D eigenvalue weighted by molar-refractivity contribution is 5.91. The maximum atomic E-state index is 14.5. The van der Waals surface area contributed by atoms with Crippen LogP contribution in [0.5, 0.6) is 5.75 Å². The van der Waals surface area contributed by atoms with Crippen molar-refractivity contribution in [3.63, 3.8) is 0 Å². The largest absolute Gasteiger partial charge is 0.507 e. The second-order valence-corrected chi connectivity index (χ2v) is 9.00. The summed E-state index contributed by atoms with van der Waals surface area (Å²) in [5.41, 5.74) is 4.44. The minimum atomic E-state index is -0.574. The van der Waals surface area contributed by atoms with Gasteiger partial charge in [0.2, 0.25) is 11.8 Å². The van der Waals surface area contributed by atoms with Gasteiger partial charge in [0.05, 0.1) is 5.69 Å². The van der Waals surface area contributed by atoms with Crippen LogP contribution >= 0.6 is 0 Å². The molecule has 0 heterocycles. The van der Waals surface area contributed by atoms with Gasteiger partial charge in [-0.1, -0.05) is 43.7 Å². The van der Waals surface area contributed by atoms with Gasteiger partial charge in [0.1, 0.15) is 11.6 Å². The zero-order valence-electron chi connectivity index (χ0n) is 19.6. The molecule has 3 aromatic rings. The molecule has 4 rings (SSSR count). The van der Waals surface area contributed by atoms with E-state index in [9.17, 15) is 19.1 Å². The van der Waals surface area contributed by atoms with Gasteiger partial charge in [0, 0.05) is 30.7 Å². The number of amides is 2. The molecular formula is C28H29FN2O3. The van der Waals surface area contributed by atoms with Gasteiger partial charge in [0.25, 0.3) is 0 Å². The lowest BCUT2D eigenvalue weighted by Gasteiger charge is -2.36. The molecule has 34 heavy (non-hydrogen) atoms. The van der Waals surface area contributed by atoms with Crippen molar-refractivity contribution in [2.45, 2.75) is 46.0 Å². The highest BCUT2D eigenvalue weighted by Crippen LogP contribution is 2.47. The fourth-order valence-corrected chi connectivity index (χ4v) is 4.68. The molecule has 2 amide bonds. The fourth-order valence-electron chi connectivity index (χ4n) is 4.68. The Morgan fingerprint density at radius 1 is 0.912 bits per heavy atom. The normalized spacial score (nSPS) is 17.1. The van der Waals surface area contributed by atoms with Crippen LogP contribution in [-0.2, 0) is 9.59 Å². The van der Waals surface area contributed by atoms with E-state index in [2.05, 4.69) is 17.6 Å². The van der Waals surface area contributed by atoms with Crippen molar-refractivity contribution in [2.75, 3.05) is 10.6 Å². The van der Waals surface area contributed by atoms with E-state index in [-0.39, 0.29) is 23.3 Å². The van der Waals surface area contributed by atoms with Crippen molar-refractivity contribution in [3.05, 3.63) is 66.0 Å². The Balaban J connectivity index is 1.72. The van der Waals surface area contributed by atoms with E-state index in [0.717, 1.165) is 36.1 Å². The number of carbonyl (C=O) groups is 2. The number of hydrogen-bond acceptors (Lipinski definition) is 3. The molecule has 1 aliphatic rings. The van der Waals surface area contributed by atoms with Crippen molar-refractivity contribution in [1.82, 2.24) is 0 Å². The molecule has 0 spiro atoms. The molecule has 1 saturated carbocycles. The number of halogens is 1. The van der Waals surface area contributed by atoms with Crippen LogP contribution in [0.15, 0.2) is 54.6 Å². The molecule has 0 saturated heterocycles. The number of phenols is 1. The third-order valence-corrected chi connectivity index (χ3v) is 6.55. The Kier molecular flexibility index (Phi) is 6.68. The van der Waals surface area contributed by atoms with Crippen LogP contribution in [0.2, 0.25) is 0 Å². The van der Waals surface area contributed by atoms with E-state index >= 15 is 0 Å². The zero-order chi connectivity index (χ0) is 24.4. The predicted molar refractivity (Wildman–Crippen MR) is 133 cm³/mol. The van der Waals surface area contributed by atoms with Crippen LogP contribution < -0.4 is 10.6 Å². The highest BCUT2D eigenvalue weighted by Gasteiger charge is 2.31. The number of carbonyl (C=O) groups excluding carboxylic acids is 2. The van der Waals surface area contributed by atoms with E-state index in [0.29, 0.717) is 28.5 Å². The summed E-state index contributed by atoms with van der Waals surface area (Å²) in [5, 5.41) is 16.5. The van der Waals surface area contributed by atoms with Crippen LogP contribution in [0.25, 0.3) is 22.3 Å². The number of hydrogen-bond donors (Lipinski definition) is 3. The first-order valence-corrected chi connectivity index (χ1v) is 11.6. The lowest BCUT2D eigenvalue weighted by atomic mass is 9.69. The van der Waals surface area contributed by atoms with Gasteiger partial charge in [-0.05, 0) is 65.6 Å². The summed E-state index contributed by atoms with van der Waals surface area (Å²) in [6, 6.07) is 15.6. The maximum absolute atomic E-state index is 14.5. The SMILES string of the molecule is CCC1CC(c2cc(-c3cccc(-c4ccc(NC(C)=O)c(F)c4)c3O)ccc2NC(C)=O)C1. The Morgan fingerprint density at radius 3 is 2.03 bits per heavy atom. The molecule has 1 fully saturated rings. The van der Waals surface area contributed by atoms with Gasteiger partial charge in [-0.15, -0.1) is 0 Å². The monoisotopic (exact) mass is 460 g/mol. The minimum Gasteiger partial charge on any atom is -0.507 e. The Morgan fingerprint density at radius 2 is 1.47 bits per heavy atom. The molecule has 0 unspecified atom stereocenters. The Bertz CT molecular complexity index is 1250. The van der Waals surface area contributed by atoms with Gasteiger partial charge in [0.15, 0.2) is 0 Å². The third-order valence-electron chi connectivity index (χ3n) is 6.55. The number of benzene rings is 3. The summed E-state index contributed by atoms with van der Waals surface area (Å²) in [4.78, 5) is 23.0. The van der Waals surface area contributed by atoms with Crippen LogP contribution in [0.3, 0.4) is 0 Å². The van der Waals surface area contributed by atoms with Gasteiger partial charge >= 0.3 is 0 Å². The summed E-state index contributed by atoms with van der Waals surface area (Å²) >= 11 is 0. The Labute approximate surface area is 199 Å². The summed E-state index contributed by atoms with van der Waals surface area (Å²) in [6.07, 6.45) is 3.31. The van der Waals surface area contributed by atoms with E-state index in [4.69, 9.17) is 0 Å². The van der Waals surface area contributed by atoms with Crippen LogP contribution in [-0.4, -0.2) is 16.9 Å². The number of rotatable bonds is 6.